The number of hydrogen-bond donors (Lipinski definition) is 1. The molecule has 0 bridgehead atoms. The number of nitrogens with zero attached hydrogens (tertiary/aromatic N) is 2. The Hall–Kier alpha value is -3.36. The van der Waals surface area contributed by atoms with Crippen molar-refractivity contribution in [2.75, 3.05) is 12.4 Å². The quantitative estimate of drug-likeness (QED) is 0.496. The molecular weight excluding hydrogens is 438 g/mol. The molecule has 0 saturated heterocycles. The van der Waals surface area contributed by atoms with Crippen molar-refractivity contribution >= 4 is 44.7 Å². The Bertz CT molecular complexity index is 1420. The van der Waals surface area contributed by atoms with Crippen LogP contribution in [0.3, 0.4) is 0 Å². The summed E-state index contributed by atoms with van der Waals surface area (Å²) in [6.07, 6.45) is 0. The summed E-state index contributed by atoms with van der Waals surface area (Å²) in [6, 6.07) is 13.7. The minimum Gasteiger partial charge on any atom is -0.495 e. The van der Waals surface area contributed by atoms with Crippen LogP contribution in [-0.4, -0.2) is 22.2 Å². The van der Waals surface area contributed by atoms with Gasteiger partial charge >= 0.3 is 5.69 Å². The van der Waals surface area contributed by atoms with Gasteiger partial charge in [0, 0.05) is 5.69 Å². The molecule has 158 valence electrons. The molecule has 0 radical (unpaired) electrons. The fourth-order valence-corrected chi connectivity index (χ4v) is 4.44. The number of thiophene rings is 1. The van der Waals surface area contributed by atoms with Crippen LogP contribution in [-0.2, 0) is 11.3 Å². The third-order valence-corrected chi connectivity index (χ3v) is 6.04. The standard InChI is InChI=1S/C22H18ClN3O4S/c1-13-5-3-4-6-16(13)26-21(28)20-17(9-10-31-20)25(22(26)29)12-19(27)24-14-7-8-18(30-2)15(23)11-14/h3-11H,12H2,1-2H3,(H,24,27). The Morgan fingerprint density at radius 1 is 1.16 bits per heavy atom. The van der Waals surface area contributed by atoms with E-state index in [-0.39, 0.29) is 6.54 Å². The largest absolute Gasteiger partial charge is 0.495 e. The Morgan fingerprint density at radius 3 is 2.65 bits per heavy atom. The lowest BCUT2D eigenvalue weighted by Crippen LogP contribution is -2.40. The van der Waals surface area contributed by atoms with E-state index in [4.69, 9.17) is 16.3 Å². The molecule has 0 spiro atoms. The Balaban J connectivity index is 1.76. The number of benzene rings is 2. The molecule has 31 heavy (non-hydrogen) atoms. The van der Waals surface area contributed by atoms with E-state index in [1.54, 1.807) is 41.8 Å². The third-order valence-electron chi connectivity index (χ3n) is 4.85. The van der Waals surface area contributed by atoms with E-state index in [1.165, 1.54) is 23.0 Å². The molecule has 0 fully saturated rings. The first-order valence-corrected chi connectivity index (χ1v) is 10.6. The molecule has 1 amide bonds. The normalized spacial score (nSPS) is 10.9. The highest BCUT2D eigenvalue weighted by Crippen LogP contribution is 2.27. The van der Waals surface area contributed by atoms with Crippen molar-refractivity contribution in [1.82, 2.24) is 9.13 Å². The molecule has 2 aromatic carbocycles. The number of methoxy groups -OCH3 is 1. The number of carbonyl (C=O) groups excluding carboxylic acids is 1. The van der Waals surface area contributed by atoms with Crippen molar-refractivity contribution in [2.24, 2.45) is 0 Å². The fraction of sp³-hybridized carbons (Fsp3) is 0.136. The minimum atomic E-state index is -0.576. The first-order valence-electron chi connectivity index (χ1n) is 9.33. The zero-order valence-electron chi connectivity index (χ0n) is 16.7. The summed E-state index contributed by atoms with van der Waals surface area (Å²) in [5.74, 6) is 0.0620. The number of carbonyl (C=O) groups is 1. The van der Waals surface area contributed by atoms with Crippen molar-refractivity contribution in [3.63, 3.8) is 0 Å². The smallest absolute Gasteiger partial charge is 0.336 e. The number of aryl methyl sites for hydroxylation is 1. The molecule has 2 aromatic heterocycles. The molecule has 9 heteroatoms. The van der Waals surface area contributed by atoms with E-state index in [1.807, 2.05) is 19.1 Å². The zero-order chi connectivity index (χ0) is 22.1. The molecule has 0 aliphatic rings. The Labute approximate surface area is 186 Å². The highest BCUT2D eigenvalue weighted by atomic mass is 35.5. The van der Waals surface area contributed by atoms with Crippen LogP contribution in [0.1, 0.15) is 5.56 Å². The first kappa shape index (κ1) is 20.9. The predicted molar refractivity (Wildman–Crippen MR) is 123 cm³/mol. The Morgan fingerprint density at radius 2 is 1.94 bits per heavy atom. The summed E-state index contributed by atoms with van der Waals surface area (Å²) in [7, 11) is 1.50. The highest BCUT2D eigenvalue weighted by molar-refractivity contribution is 7.17. The van der Waals surface area contributed by atoms with Crippen molar-refractivity contribution in [2.45, 2.75) is 13.5 Å². The summed E-state index contributed by atoms with van der Waals surface area (Å²) in [5.41, 5.74) is 1.19. The first-order chi connectivity index (χ1) is 14.9. The maximum atomic E-state index is 13.3. The van der Waals surface area contributed by atoms with Crippen molar-refractivity contribution in [1.29, 1.82) is 0 Å². The molecule has 7 nitrogen and oxygen atoms in total. The zero-order valence-corrected chi connectivity index (χ0v) is 18.3. The van der Waals surface area contributed by atoms with Gasteiger partial charge in [0.05, 0.1) is 23.3 Å². The summed E-state index contributed by atoms with van der Waals surface area (Å²) in [6.45, 7) is 1.56. The van der Waals surface area contributed by atoms with Crippen LogP contribution in [0, 0.1) is 6.92 Å². The van der Waals surface area contributed by atoms with Gasteiger partial charge in [0.2, 0.25) is 5.91 Å². The second kappa shape index (κ2) is 8.41. The molecular formula is C22H18ClN3O4S. The summed E-state index contributed by atoms with van der Waals surface area (Å²) < 4.78 is 7.94. The van der Waals surface area contributed by atoms with E-state index in [0.717, 1.165) is 10.1 Å². The number of aromatic nitrogens is 2. The SMILES string of the molecule is COc1ccc(NC(=O)Cn2c(=O)n(-c3ccccc3C)c(=O)c3sccc32)cc1Cl. The van der Waals surface area contributed by atoms with E-state index in [0.29, 0.717) is 32.4 Å². The van der Waals surface area contributed by atoms with Crippen molar-refractivity contribution < 1.29 is 9.53 Å². The number of hydrogen-bond acceptors (Lipinski definition) is 5. The van der Waals surface area contributed by atoms with Crippen LogP contribution >= 0.6 is 22.9 Å². The number of ether oxygens (including phenoxy) is 1. The second-order valence-electron chi connectivity index (χ2n) is 6.83. The van der Waals surface area contributed by atoms with E-state index < -0.39 is 17.2 Å². The molecule has 0 atom stereocenters. The van der Waals surface area contributed by atoms with Gasteiger partial charge in [-0.3, -0.25) is 14.2 Å². The lowest BCUT2D eigenvalue weighted by atomic mass is 10.2. The van der Waals surface area contributed by atoms with Gasteiger partial charge < -0.3 is 10.1 Å². The van der Waals surface area contributed by atoms with E-state index >= 15 is 0 Å². The molecule has 0 aliphatic carbocycles. The van der Waals surface area contributed by atoms with E-state index in [9.17, 15) is 14.4 Å². The molecule has 0 aliphatic heterocycles. The number of amides is 1. The van der Waals surface area contributed by atoms with Gasteiger partial charge in [-0.15, -0.1) is 11.3 Å². The molecule has 1 N–H and O–H groups in total. The van der Waals surface area contributed by atoms with Crippen LogP contribution in [0.4, 0.5) is 5.69 Å². The molecule has 0 unspecified atom stereocenters. The topological polar surface area (TPSA) is 82.3 Å². The van der Waals surface area contributed by atoms with Crippen LogP contribution in [0.25, 0.3) is 15.9 Å². The molecule has 2 heterocycles. The van der Waals surface area contributed by atoms with Gasteiger partial charge in [-0.05, 0) is 48.2 Å². The van der Waals surface area contributed by atoms with Crippen LogP contribution < -0.4 is 21.3 Å². The van der Waals surface area contributed by atoms with Crippen molar-refractivity contribution in [3.05, 3.63) is 85.3 Å². The second-order valence-corrected chi connectivity index (χ2v) is 8.15. The Kier molecular flexibility index (Phi) is 5.67. The maximum Gasteiger partial charge on any atom is 0.336 e. The van der Waals surface area contributed by atoms with Gasteiger partial charge in [0.15, 0.2) is 0 Å². The average molecular weight is 456 g/mol. The third kappa shape index (κ3) is 3.87. The predicted octanol–water partition coefficient (Wildman–Crippen LogP) is 3.82. The lowest BCUT2D eigenvalue weighted by Gasteiger charge is -2.14. The number of anilines is 1. The number of halogens is 1. The number of fused-ring (bicyclic) bond motifs is 1. The van der Waals surface area contributed by atoms with Gasteiger partial charge in [0.1, 0.15) is 17.0 Å². The number of para-hydroxylation sites is 1. The summed E-state index contributed by atoms with van der Waals surface area (Å²) in [4.78, 5) is 39.1. The maximum absolute atomic E-state index is 13.3. The molecule has 0 saturated carbocycles. The van der Waals surface area contributed by atoms with Gasteiger partial charge in [-0.25, -0.2) is 9.36 Å². The highest BCUT2D eigenvalue weighted by Gasteiger charge is 2.18. The monoisotopic (exact) mass is 455 g/mol. The van der Waals surface area contributed by atoms with Gasteiger partial charge in [0.25, 0.3) is 5.56 Å². The summed E-state index contributed by atoms with van der Waals surface area (Å²) in [5, 5.41) is 4.81. The lowest BCUT2D eigenvalue weighted by molar-refractivity contribution is -0.116. The minimum absolute atomic E-state index is 0.262. The molecule has 4 aromatic rings. The summed E-state index contributed by atoms with van der Waals surface area (Å²) >= 11 is 7.35. The van der Waals surface area contributed by atoms with Gasteiger partial charge in [-0.2, -0.15) is 0 Å². The molecule has 4 rings (SSSR count). The van der Waals surface area contributed by atoms with Crippen molar-refractivity contribution in [3.8, 4) is 11.4 Å². The van der Waals surface area contributed by atoms with Crippen LogP contribution in [0.5, 0.6) is 5.75 Å². The number of nitrogens with one attached hydrogen (secondary N) is 1. The van der Waals surface area contributed by atoms with Crippen LogP contribution in [0.15, 0.2) is 63.5 Å². The van der Waals surface area contributed by atoms with Gasteiger partial charge in [-0.1, -0.05) is 29.8 Å². The average Bonchev–Trinajstić information content (AvgIpc) is 3.23. The number of rotatable bonds is 5. The van der Waals surface area contributed by atoms with Crippen LogP contribution in [0.2, 0.25) is 5.02 Å². The van der Waals surface area contributed by atoms with E-state index in [2.05, 4.69) is 5.32 Å². The fourth-order valence-electron chi connectivity index (χ4n) is 3.36.